The van der Waals surface area contributed by atoms with E-state index in [0.717, 1.165) is 0 Å². The lowest BCUT2D eigenvalue weighted by Gasteiger charge is -2.04. The predicted molar refractivity (Wildman–Crippen MR) is 38.2 cm³/mol. The molecule has 1 heterocycles. The summed E-state index contributed by atoms with van der Waals surface area (Å²) in [5, 5.41) is 3.61. The number of ether oxygens (including phenoxy) is 1. The molecule has 0 amide bonds. The van der Waals surface area contributed by atoms with E-state index in [1.165, 1.54) is 11.8 Å². The molecule has 1 radical (unpaired) electrons. The lowest BCUT2D eigenvalue weighted by Crippen LogP contribution is -2.03. The van der Waals surface area contributed by atoms with E-state index < -0.39 is 6.43 Å². The Morgan fingerprint density at radius 3 is 2.75 bits per heavy atom. The highest BCUT2D eigenvalue weighted by Crippen LogP contribution is 2.27. The van der Waals surface area contributed by atoms with E-state index in [-0.39, 0.29) is 11.4 Å². The SMILES string of the molecule is CCn1n[c]c(OC)c1C(F)F. The monoisotopic (exact) mass is 175 g/mol. The number of alkyl halides is 2. The van der Waals surface area contributed by atoms with E-state index in [0.29, 0.717) is 6.54 Å². The van der Waals surface area contributed by atoms with Crippen molar-refractivity contribution in [1.82, 2.24) is 9.78 Å². The standard InChI is InChI=1S/C7H9F2N2O/c1-3-11-6(7(8)9)5(12-2)4-10-11/h7H,3H2,1-2H3. The minimum absolute atomic E-state index is 0.0202. The van der Waals surface area contributed by atoms with Crippen LogP contribution in [0.2, 0.25) is 0 Å². The van der Waals surface area contributed by atoms with Crippen molar-refractivity contribution in [1.29, 1.82) is 0 Å². The second kappa shape index (κ2) is 3.51. The molecule has 0 bridgehead atoms. The molecule has 1 aromatic heterocycles. The maximum atomic E-state index is 12.3. The molecule has 5 heteroatoms. The number of rotatable bonds is 3. The molecule has 0 aliphatic rings. The zero-order chi connectivity index (χ0) is 9.14. The number of halogens is 2. The summed E-state index contributed by atoms with van der Waals surface area (Å²) >= 11 is 0. The first-order valence-corrected chi connectivity index (χ1v) is 3.51. The van der Waals surface area contributed by atoms with Gasteiger partial charge >= 0.3 is 0 Å². The van der Waals surface area contributed by atoms with Crippen LogP contribution in [0.3, 0.4) is 0 Å². The van der Waals surface area contributed by atoms with Crippen LogP contribution in [0.5, 0.6) is 5.75 Å². The van der Waals surface area contributed by atoms with Crippen LogP contribution in [-0.2, 0) is 6.54 Å². The molecule has 0 N–H and O–H groups in total. The molecule has 0 spiro atoms. The van der Waals surface area contributed by atoms with Gasteiger partial charge in [-0.2, -0.15) is 5.10 Å². The van der Waals surface area contributed by atoms with E-state index in [9.17, 15) is 8.78 Å². The Labute approximate surface area is 68.9 Å². The summed E-state index contributed by atoms with van der Waals surface area (Å²) < 4.78 is 30.5. The van der Waals surface area contributed by atoms with Gasteiger partial charge in [0, 0.05) is 6.54 Å². The van der Waals surface area contributed by atoms with E-state index in [2.05, 4.69) is 16.0 Å². The van der Waals surface area contributed by atoms with E-state index in [1.807, 2.05) is 0 Å². The molecule has 0 fully saturated rings. The number of nitrogens with zero attached hydrogens (tertiary/aromatic N) is 2. The Kier molecular flexibility index (Phi) is 2.62. The van der Waals surface area contributed by atoms with Gasteiger partial charge in [0.2, 0.25) is 0 Å². The van der Waals surface area contributed by atoms with Gasteiger partial charge in [0.15, 0.2) is 11.9 Å². The van der Waals surface area contributed by atoms with Crippen molar-refractivity contribution < 1.29 is 13.5 Å². The van der Waals surface area contributed by atoms with E-state index in [4.69, 9.17) is 0 Å². The Balaban J connectivity index is 3.07. The van der Waals surface area contributed by atoms with Crippen LogP contribution in [-0.4, -0.2) is 16.9 Å². The molecule has 1 aromatic rings. The van der Waals surface area contributed by atoms with Crippen LogP contribution < -0.4 is 4.74 Å². The highest BCUT2D eigenvalue weighted by Gasteiger charge is 2.20. The summed E-state index contributed by atoms with van der Waals surface area (Å²) in [4.78, 5) is 0. The minimum atomic E-state index is -2.57. The quantitative estimate of drug-likeness (QED) is 0.698. The van der Waals surface area contributed by atoms with Gasteiger partial charge in [-0.05, 0) is 6.92 Å². The third-order valence-electron chi connectivity index (χ3n) is 1.49. The average Bonchev–Trinajstić information content (AvgIpc) is 2.46. The van der Waals surface area contributed by atoms with Crippen molar-refractivity contribution in [3.8, 4) is 5.75 Å². The van der Waals surface area contributed by atoms with Crippen molar-refractivity contribution in [3.05, 3.63) is 11.9 Å². The first-order chi connectivity index (χ1) is 5.70. The van der Waals surface area contributed by atoms with Crippen molar-refractivity contribution in [2.75, 3.05) is 7.11 Å². The molecular formula is C7H9F2N2O. The Morgan fingerprint density at radius 2 is 2.33 bits per heavy atom. The summed E-state index contributed by atoms with van der Waals surface area (Å²) in [5.41, 5.74) is -0.208. The van der Waals surface area contributed by atoms with E-state index >= 15 is 0 Å². The van der Waals surface area contributed by atoms with Gasteiger partial charge in [-0.1, -0.05) is 0 Å². The molecule has 67 valence electrons. The molecule has 0 aliphatic heterocycles. The maximum Gasteiger partial charge on any atom is 0.283 e. The van der Waals surface area contributed by atoms with Gasteiger partial charge in [-0.3, -0.25) is 4.68 Å². The molecular weight excluding hydrogens is 166 g/mol. The molecule has 1 rings (SSSR count). The zero-order valence-corrected chi connectivity index (χ0v) is 6.84. The predicted octanol–water partition coefficient (Wildman–Crippen LogP) is 1.65. The molecule has 0 unspecified atom stereocenters. The second-order valence-electron chi connectivity index (χ2n) is 2.15. The van der Waals surface area contributed by atoms with Gasteiger partial charge in [0.25, 0.3) is 6.43 Å². The zero-order valence-electron chi connectivity index (χ0n) is 6.84. The Bertz CT molecular complexity index is 238. The molecule has 0 saturated heterocycles. The van der Waals surface area contributed by atoms with Gasteiger partial charge in [-0.15, -0.1) is 0 Å². The van der Waals surface area contributed by atoms with Crippen LogP contribution in [0.1, 0.15) is 19.0 Å². The fourth-order valence-electron chi connectivity index (χ4n) is 0.937. The van der Waals surface area contributed by atoms with Crippen molar-refractivity contribution in [3.63, 3.8) is 0 Å². The average molecular weight is 175 g/mol. The summed E-state index contributed by atoms with van der Waals surface area (Å²) in [6.07, 6.45) is -0.204. The molecule has 0 aliphatic carbocycles. The number of hydrogen-bond donors (Lipinski definition) is 0. The molecule has 12 heavy (non-hydrogen) atoms. The third kappa shape index (κ3) is 1.39. The Hall–Kier alpha value is -1.13. The second-order valence-corrected chi connectivity index (χ2v) is 2.15. The fourth-order valence-corrected chi connectivity index (χ4v) is 0.937. The molecule has 0 aromatic carbocycles. The normalized spacial score (nSPS) is 10.8. The van der Waals surface area contributed by atoms with E-state index in [1.54, 1.807) is 6.92 Å². The number of aromatic nitrogens is 2. The van der Waals surface area contributed by atoms with Crippen molar-refractivity contribution in [2.24, 2.45) is 0 Å². The highest BCUT2D eigenvalue weighted by atomic mass is 19.3. The first kappa shape index (κ1) is 8.96. The third-order valence-corrected chi connectivity index (χ3v) is 1.49. The van der Waals surface area contributed by atoms with Crippen LogP contribution in [0.25, 0.3) is 0 Å². The van der Waals surface area contributed by atoms with Crippen molar-refractivity contribution in [2.45, 2.75) is 19.9 Å². The van der Waals surface area contributed by atoms with Gasteiger partial charge < -0.3 is 4.74 Å². The summed E-state index contributed by atoms with van der Waals surface area (Å²) in [6.45, 7) is 2.12. The van der Waals surface area contributed by atoms with Crippen LogP contribution in [0.15, 0.2) is 0 Å². The summed E-state index contributed by atoms with van der Waals surface area (Å²) in [5.74, 6) is 0.0202. The smallest absolute Gasteiger partial charge is 0.283 e. The van der Waals surface area contributed by atoms with Crippen LogP contribution in [0.4, 0.5) is 8.78 Å². The number of aryl methyl sites for hydroxylation is 1. The lowest BCUT2D eigenvalue weighted by molar-refractivity contribution is 0.135. The molecule has 0 atom stereocenters. The largest absolute Gasteiger partial charge is 0.492 e. The van der Waals surface area contributed by atoms with Gasteiger partial charge in [0.1, 0.15) is 5.69 Å². The van der Waals surface area contributed by atoms with Crippen LogP contribution in [0, 0.1) is 6.20 Å². The molecule has 0 saturated carbocycles. The van der Waals surface area contributed by atoms with Gasteiger partial charge in [-0.25, -0.2) is 8.78 Å². The fraction of sp³-hybridized carbons (Fsp3) is 0.571. The topological polar surface area (TPSA) is 27.1 Å². The summed E-state index contributed by atoms with van der Waals surface area (Å²) in [6, 6.07) is 0. The summed E-state index contributed by atoms with van der Waals surface area (Å²) in [7, 11) is 1.32. The Morgan fingerprint density at radius 1 is 1.67 bits per heavy atom. The van der Waals surface area contributed by atoms with Crippen molar-refractivity contribution >= 4 is 0 Å². The lowest BCUT2D eigenvalue weighted by atomic mass is 10.4. The molecule has 3 nitrogen and oxygen atoms in total. The van der Waals surface area contributed by atoms with Crippen LogP contribution >= 0.6 is 0 Å². The first-order valence-electron chi connectivity index (χ1n) is 3.51. The minimum Gasteiger partial charge on any atom is -0.492 e. The number of hydrogen-bond acceptors (Lipinski definition) is 2. The van der Waals surface area contributed by atoms with Gasteiger partial charge in [0.05, 0.1) is 7.11 Å². The maximum absolute atomic E-state index is 12.3. The number of methoxy groups -OCH3 is 1. The highest BCUT2D eigenvalue weighted by molar-refractivity contribution is 5.24.